The first-order valence-electron chi connectivity index (χ1n) is 5.00. The maximum absolute atomic E-state index is 5.14. The Morgan fingerprint density at radius 3 is 2.87 bits per heavy atom. The fourth-order valence-electron chi connectivity index (χ4n) is 1.73. The number of methoxy groups -OCH3 is 2. The quantitative estimate of drug-likeness (QED) is 0.788. The molecule has 2 heterocycles. The summed E-state index contributed by atoms with van der Waals surface area (Å²) in [7, 11) is 3.17. The summed E-state index contributed by atoms with van der Waals surface area (Å²) < 4.78 is 10.2. The second-order valence-electron chi connectivity index (χ2n) is 3.50. The number of hydrogen-bond donors (Lipinski definition) is 1. The summed E-state index contributed by atoms with van der Waals surface area (Å²) in [5, 5.41) is 3.28. The van der Waals surface area contributed by atoms with Gasteiger partial charge in [0.1, 0.15) is 5.82 Å². The molecule has 0 bridgehead atoms. The van der Waals surface area contributed by atoms with Gasteiger partial charge in [-0.3, -0.25) is 0 Å². The lowest BCUT2D eigenvalue weighted by Gasteiger charge is -2.10. The molecule has 1 aliphatic heterocycles. The molecule has 82 valence electrons. The van der Waals surface area contributed by atoms with E-state index >= 15 is 0 Å². The molecule has 1 unspecified atom stereocenters. The van der Waals surface area contributed by atoms with Gasteiger partial charge >= 0.3 is 0 Å². The third kappa shape index (κ3) is 2.02. The van der Waals surface area contributed by atoms with Crippen LogP contribution >= 0.6 is 0 Å². The zero-order chi connectivity index (χ0) is 10.7. The highest BCUT2D eigenvalue weighted by molar-refractivity contribution is 5.31. The zero-order valence-corrected chi connectivity index (χ0v) is 8.99. The van der Waals surface area contributed by atoms with E-state index in [2.05, 4.69) is 15.3 Å². The summed E-state index contributed by atoms with van der Waals surface area (Å²) in [6.45, 7) is 1.97. The van der Waals surface area contributed by atoms with Crippen molar-refractivity contribution in [2.45, 2.75) is 12.3 Å². The van der Waals surface area contributed by atoms with E-state index in [0.717, 1.165) is 25.3 Å². The summed E-state index contributed by atoms with van der Waals surface area (Å²) in [6.07, 6.45) is 2.75. The van der Waals surface area contributed by atoms with Crippen molar-refractivity contribution in [1.82, 2.24) is 15.3 Å². The molecule has 0 amide bonds. The van der Waals surface area contributed by atoms with E-state index in [4.69, 9.17) is 9.47 Å². The highest BCUT2D eigenvalue weighted by Gasteiger charge is 2.20. The predicted molar refractivity (Wildman–Crippen MR) is 55.4 cm³/mol. The van der Waals surface area contributed by atoms with E-state index in [1.54, 1.807) is 20.4 Å². The summed E-state index contributed by atoms with van der Waals surface area (Å²) in [6, 6.07) is 0. The van der Waals surface area contributed by atoms with Crippen molar-refractivity contribution >= 4 is 0 Å². The van der Waals surface area contributed by atoms with Crippen molar-refractivity contribution in [3.63, 3.8) is 0 Å². The molecule has 1 aliphatic rings. The van der Waals surface area contributed by atoms with Crippen LogP contribution in [-0.2, 0) is 0 Å². The van der Waals surface area contributed by atoms with Gasteiger partial charge in [0.25, 0.3) is 5.88 Å². The van der Waals surface area contributed by atoms with Crippen LogP contribution in [0.5, 0.6) is 11.6 Å². The molecule has 0 radical (unpaired) electrons. The molecule has 0 aliphatic carbocycles. The van der Waals surface area contributed by atoms with Crippen LogP contribution in [0.1, 0.15) is 18.2 Å². The number of aromatic nitrogens is 2. The van der Waals surface area contributed by atoms with Gasteiger partial charge in [0.2, 0.25) is 0 Å². The summed E-state index contributed by atoms with van der Waals surface area (Å²) in [4.78, 5) is 8.63. The first-order valence-corrected chi connectivity index (χ1v) is 5.00. The number of nitrogens with one attached hydrogen (secondary N) is 1. The average molecular weight is 209 g/mol. The molecule has 15 heavy (non-hydrogen) atoms. The minimum atomic E-state index is 0.393. The maximum atomic E-state index is 5.14. The number of ether oxygens (including phenoxy) is 2. The Kier molecular flexibility index (Phi) is 3.01. The van der Waals surface area contributed by atoms with Gasteiger partial charge in [0.15, 0.2) is 5.75 Å². The van der Waals surface area contributed by atoms with Crippen molar-refractivity contribution in [2.75, 3.05) is 27.3 Å². The smallest absolute Gasteiger partial charge is 0.260 e. The second-order valence-corrected chi connectivity index (χ2v) is 3.50. The van der Waals surface area contributed by atoms with Crippen LogP contribution in [0.2, 0.25) is 0 Å². The van der Waals surface area contributed by atoms with Gasteiger partial charge in [-0.25, -0.2) is 4.98 Å². The van der Waals surface area contributed by atoms with Crippen LogP contribution < -0.4 is 14.8 Å². The Bertz CT molecular complexity index is 337. The fourth-order valence-corrected chi connectivity index (χ4v) is 1.73. The number of nitrogens with zero attached hydrogens (tertiary/aromatic N) is 2. The summed E-state index contributed by atoms with van der Waals surface area (Å²) in [5.74, 6) is 2.31. The second kappa shape index (κ2) is 4.44. The van der Waals surface area contributed by atoms with E-state index in [1.807, 2.05) is 0 Å². The molecule has 1 atom stereocenters. The Labute approximate surface area is 88.8 Å². The van der Waals surface area contributed by atoms with Crippen LogP contribution in [0.4, 0.5) is 0 Å². The highest BCUT2D eigenvalue weighted by Crippen LogP contribution is 2.26. The molecule has 5 heteroatoms. The van der Waals surface area contributed by atoms with E-state index in [9.17, 15) is 0 Å². The normalized spacial score (nSPS) is 20.3. The molecule has 1 saturated heterocycles. The molecule has 1 fully saturated rings. The van der Waals surface area contributed by atoms with E-state index < -0.39 is 0 Å². The molecule has 5 nitrogen and oxygen atoms in total. The van der Waals surface area contributed by atoms with Crippen LogP contribution in [0.15, 0.2) is 6.20 Å². The van der Waals surface area contributed by atoms with Crippen molar-refractivity contribution < 1.29 is 9.47 Å². The lowest BCUT2D eigenvalue weighted by atomic mass is 10.1. The van der Waals surface area contributed by atoms with Gasteiger partial charge in [0.05, 0.1) is 20.4 Å². The average Bonchev–Trinajstić information content (AvgIpc) is 2.81. The molecular formula is C10H15N3O2. The van der Waals surface area contributed by atoms with Crippen molar-refractivity contribution in [3.8, 4) is 11.6 Å². The topological polar surface area (TPSA) is 56.3 Å². The first-order chi connectivity index (χ1) is 7.35. The van der Waals surface area contributed by atoms with Crippen LogP contribution in [0, 0.1) is 0 Å². The largest absolute Gasteiger partial charge is 0.490 e. The minimum absolute atomic E-state index is 0.393. The molecule has 1 aromatic rings. The summed E-state index contributed by atoms with van der Waals surface area (Å²) in [5.41, 5.74) is 0. The maximum Gasteiger partial charge on any atom is 0.260 e. The highest BCUT2D eigenvalue weighted by atomic mass is 16.5. The Balaban J connectivity index is 2.25. The zero-order valence-electron chi connectivity index (χ0n) is 8.99. The minimum Gasteiger partial charge on any atom is -0.490 e. The Hall–Kier alpha value is -1.36. The van der Waals surface area contributed by atoms with Gasteiger partial charge in [-0.2, -0.15) is 4.98 Å². The van der Waals surface area contributed by atoms with Crippen LogP contribution in [-0.4, -0.2) is 37.3 Å². The molecule has 1 aromatic heterocycles. The third-order valence-corrected chi connectivity index (χ3v) is 2.58. The summed E-state index contributed by atoms with van der Waals surface area (Å²) >= 11 is 0. The van der Waals surface area contributed by atoms with Crippen molar-refractivity contribution in [3.05, 3.63) is 12.0 Å². The van der Waals surface area contributed by atoms with E-state index in [-0.39, 0.29) is 0 Å². The monoisotopic (exact) mass is 209 g/mol. The lowest BCUT2D eigenvalue weighted by Crippen LogP contribution is -2.10. The van der Waals surface area contributed by atoms with Gasteiger partial charge in [-0.05, 0) is 13.0 Å². The van der Waals surface area contributed by atoms with Gasteiger partial charge < -0.3 is 14.8 Å². The fraction of sp³-hybridized carbons (Fsp3) is 0.600. The standard InChI is InChI=1S/C10H15N3O2/c1-14-8-6-12-9(13-10(8)15-2)7-3-4-11-5-7/h6-7,11H,3-5H2,1-2H3. The molecule has 1 N–H and O–H groups in total. The molecular weight excluding hydrogens is 194 g/mol. The van der Waals surface area contributed by atoms with E-state index in [0.29, 0.717) is 17.5 Å². The van der Waals surface area contributed by atoms with Gasteiger partial charge in [-0.1, -0.05) is 0 Å². The lowest BCUT2D eigenvalue weighted by molar-refractivity contribution is 0.338. The first kappa shape index (κ1) is 10.2. The molecule has 2 rings (SSSR count). The predicted octanol–water partition coefficient (Wildman–Crippen LogP) is 0.571. The van der Waals surface area contributed by atoms with Crippen molar-refractivity contribution in [2.24, 2.45) is 0 Å². The Morgan fingerprint density at radius 2 is 2.27 bits per heavy atom. The molecule has 0 spiro atoms. The SMILES string of the molecule is COc1cnc(C2CCNC2)nc1OC. The van der Waals surface area contributed by atoms with E-state index in [1.165, 1.54) is 0 Å². The van der Waals surface area contributed by atoms with Gasteiger partial charge in [-0.15, -0.1) is 0 Å². The number of rotatable bonds is 3. The molecule has 0 saturated carbocycles. The number of hydrogen-bond acceptors (Lipinski definition) is 5. The van der Waals surface area contributed by atoms with Gasteiger partial charge in [0, 0.05) is 12.5 Å². The van der Waals surface area contributed by atoms with Crippen molar-refractivity contribution in [1.29, 1.82) is 0 Å². The molecule has 0 aromatic carbocycles. The third-order valence-electron chi connectivity index (χ3n) is 2.58. The van der Waals surface area contributed by atoms with Crippen LogP contribution in [0.3, 0.4) is 0 Å². The van der Waals surface area contributed by atoms with Crippen LogP contribution in [0.25, 0.3) is 0 Å². The Morgan fingerprint density at radius 1 is 1.40 bits per heavy atom.